The minimum atomic E-state index is -0.223. The maximum Gasteiger partial charge on any atom is 0.147 e. The molecule has 100 valence electrons. The van der Waals surface area contributed by atoms with Gasteiger partial charge in [-0.2, -0.15) is 0 Å². The molecule has 0 saturated heterocycles. The maximum absolute atomic E-state index is 13.4. The van der Waals surface area contributed by atoms with Gasteiger partial charge in [0.25, 0.3) is 0 Å². The van der Waals surface area contributed by atoms with Crippen LogP contribution in [0.4, 0.5) is 16.0 Å². The van der Waals surface area contributed by atoms with E-state index in [0.717, 1.165) is 0 Å². The number of nitrogens with zero attached hydrogens (tertiary/aromatic N) is 1. The number of pyridine rings is 1. The molecular weight excluding hydrogens is 288 g/mol. The van der Waals surface area contributed by atoms with Gasteiger partial charge in [-0.3, -0.25) is 0 Å². The van der Waals surface area contributed by atoms with Crippen LogP contribution in [-0.4, -0.2) is 11.5 Å². The molecule has 1 aromatic carbocycles. The molecule has 3 N–H and O–H groups in total. The molecule has 0 spiro atoms. The zero-order chi connectivity index (χ0) is 13.8. The van der Waals surface area contributed by atoms with Crippen molar-refractivity contribution >= 4 is 34.8 Å². The fraction of sp³-hybridized carbons (Fsp3) is 0.154. The summed E-state index contributed by atoms with van der Waals surface area (Å²) >= 11 is 11.8. The van der Waals surface area contributed by atoms with Crippen molar-refractivity contribution in [3.63, 3.8) is 0 Å². The fourth-order valence-corrected chi connectivity index (χ4v) is 2.05. The predicted octanol–water partition coefficient (Wildman–Crippen LogP) is 3.76. The number of anilines is 2. The van der Waals surface area contributed by atoms with Gasteiger partial charge >= 0.3 is 0 Å². The molecule has 1 aromatic heterocycles. The molecule has 0 radical (unpaired) electrons. The van der Waals surface area contributed by atoms with E-state index >= 15 is 0 Å². The molecule has 0 saturated carbocycles. The Morgan fingerprint density at radius 3 is 2.68 bits per heavy atom. The number of nitrogens with two attached hydrogens (primary N) is 1. The summed E-state index contributed by atoms with van der Waals surface area (Å²) in [7, 11) is 0. The zero-order valence-corrected chi connectivity index (χ0v) is 11.5. The minimum absolute atomic E-state index is 0.208. The van der Waals surface area contributed by atoms with E-state index in [1.807, 2.05) is 0 Å². The third kappa shape index (κ3) is 3.49. The van der Waals surface area contributed by atoms with Gasteiger partial charge in [-0.25, -0.2) is 9.37 Å². The third-order valence-electron chi connectivity index (χ3n) is 2.60. The Bertz CT molecular complexity index is 590. The first-order valence-corrected chi connectivity index (χ1v) is 6.42. The van der Waals surface area contributed by atoms with Gasteiger partial charge in [-0.05, 0) is 24.1 Å². The van der Waals surface area contributed by atoms with E-state index in [2.05, 4.69) is 10.3 Å². The lowest BCUT2D eigenvalue weighted by Gasteiger charge is -2.09. The molecule has 0 aliphatic heterocycles. The molecule has 19 heavy (non-hydrogen) atoms. The number of nitrogen functional groups attached to an aromatic ring is 1. The van der Waals surface area contributed by atoms with E-state index in [9.17, 15) is 4.39 Å². The van der Waals surface area contributed by atoms with Crippen molar-refractivity contribution in [2.24, 2.45) is 0 Å². The first kappa shape index (κ1) is 13.9. The SMILES string of the molecule is Nc1nc(NCCc2ccccc2F)c(Cl)cc1Cl. The predicted molar refractivity (Wildman–Crippen MR) is 77.3 cm³/mol. The Hall–Kier alpha value is -1.52. The van der Waals surface area contributed by atoms with Gasteiger partial charge in [0, 0.05) is 6.54 Å². The van der Waals surface area contributed by atoms with Crippen molar-refractivity contribution in [1.29, 1.82) is 0 Å². The van der Waals surface area contributed by atoms with Crippen LogP contribution >= 0.6 is 23.2 Å². The molecule has 1 heterocycles. The molecule has 6 heteroatoms. The Kier molecular flexibility index (Phi) is 4.45. The van der Waals surface area contributed by atoms with Gasteiger partial charge in [0.1, 0.15) is 17.5 Å². The normalized spacial score (nSPS) is 10.5. The van der Waals surface area contributed by atoms with Crippen LogP contribution < -0.4 is 11.1 Å². The average molecular weight is 300 g/mol. The maximum atomic E-state index is 13.4. The molecule has 2 aromatic rings. The van der Waals surface area contributed by atoms with E-state index in [1.165, 1.54) is 12.1 Å². The summed E-state index contributed by atoms with van der Waals surface area (Å²) in [6.45, 7) is 0.495. The summed E-state index contributed by atoms with van der Waals surface area (Å²) in [4.78, 5) is 4.03. The molecule has 2 rings (SSSR count). The average Bonchev–Trinajstić information content (AvgIpc) is 2.38. The van der Waals surface area contributed by atoms with E-state index < -0.39 is 0 Å². The van der Waals surface area contributed by atoms with Crippen molar-refractivity contribution in [3.05, 3.63) is 51.8 Å². The third-order valence-corrected chi connectivity index (χ3v) is 3.19. The summed E-state index contributed by atoms with van der Waals surface area (Å²) in [5.41, 5.74) is 6.23. The van der Waals surface area contributed by atoms with E-state index in [-0.39, 0.29) is 11.6 Å². The number of halogens is 3. The zero-order valence-electron chi connectivity index (χ0n) is 9.96. The Morgan fingerprint density at radius 2 is 1.95 bits per heavy atom. The first-order chi connectivity index (χ1) is 9.08. The van der Waals surface area contributed by atoms with Gasteiger partial charge < -0.3 is 11.1 Å². The summed E-state index contributed by atoms with van der Waals surface area (Å²) < 4.78 is 13.4. The lowest BCUT2D eigenvalue weighted by molar-refractivity contribution is 0.610. The van der Waals surface area contributed by atoms with Crippen LogP contribution in [0.25, 0.3) is 0 Å². The highest BCUT2D eigenvalue weighted by Gasteiger charge is 2.07. The van der Waals surface area contributed by atoms with Gasteiger partial charge in [0.15, 0.2) is 0 Å². The molecule has 0 amide bonds. The molecule has 0 atom stereocenters. The van der Waals surface area contributed by atoms with Gasteiger partial charge in [0.05, 0.1) is 10.0 Å². The lowest BCUT2D eigenvalue weighted by atomic mass is 10.1. The van der Waals surface area contributed by atoms with E-state index in [0.29, 0.717) is 34.4 Å². The van der Waals surface area contributed by atoms with Gasteiger partial charge in [-0.1, -0.05) is 41.4 Å². The molecule has 0 aliphatic rings. The summed E-state index contributed by atoms with van der Waals surface area (Å²) in [5, 5.41) is 3.70. The molecule has 0 aliphatic carbocycles. The summed E-state index contributed by atoms with van der Waals surface area (Å²) in [5.74, 6) is 0.429. The molecule has 0 bridgehead atoms. The molecule has 0 unspecified atom stereocenters. The number of rotatable bonds is 4. The van der Waals surface area contributed by atoms with Crippen LogP contribution in [-0.2, 0) is 6.42 Å². The standard InChI is InChI=1S/C13H12Cl2FN3/c14-9-7-10(15)13(19-12(9)17)18-6-5-8-3-1-2-4-11(8)16/h1-4,7H,5-6H2,(H3,17,18,19). The van der Waals surface area contributed by atoms with Crippen LogP contribution in [0, 0.1) is 5.82 Å². The number of benzene rings is 1. The Labute approximate surface area is 120 Å². The number of aromatic nitrogens is 1. The largest absolute Gasteiger partial charge is 0.382 e. The monoisotopic (exact) mass is 299 g/mol. The van der Waals surface area contributed by atoms with Crippen LogP contribution in [0.5, 0.6) is 0 Å². The second-order valence-corrected chi connectivity index (χ2v) is 4.77. The van der Waals surface area contributed by atoms with E-state index in [4.69, 9.17) is 28.9 Å². The van der Waals surface area contributed by atoms with Gasteiger partial charge in [-0.15, -0.1) is 0 Å². The first-order valence-electron chi connectivity index (χ1n) is 5.66. The molecular formula is C13H12Cl2FN3. The highest BCUT2D eigenvalue weighted by molar-refractivity contribution is 6.37. The topological polar surface area (TPSA) is 50.9 Å². The number of hydrogen-bond acceptors (Lipinski definition) is 3. The van der Waals surface area contributed by atoms with E-state index in [1.54, 1.807) is 18.2 Å². The second-order valence-electron chi connectivity index (χ2n) is 3.95. The summed E-state index contributed by atoms with van der Waals surface area (Å²) in [6.07, 6.45) is 0.521. The Morgan fingerprint density at radius 1 is 1.21 bits per heavy atom. The second kappa shape index (κ2) is 6.08. The smallest absolute Gasteiger partial charge is 0.147 e. The number of hydrogen-bond donors (Lipinski definition) is 2. The molecule has 0 fully saturated rings. The van der Waals surface area contributed by atoms with Gasteiger partial charge in [0.2, 0.25) is 0 Å². The van der Waals surface area contributed by atoms with Crippen molar-refractivity contribution in [2.75, 3.05) is 17.6 Å². The van der Waals surface area contributed by atoms with Crippen LogP contribution in [0.15, 0.2) is 30.3 Å². The van der Waals surface area contributed by atoms with Crippen molar-refractivity contribution in [1.82, 2.24) is 4.98 Å². The quantitative estimate of drug-likeness (QED) is 0.904. The minimum Gasteiger partial charge on any atom is -0.382 e. The van der Waals surface area contributed by atoms with Crippen LogP contribution in [0.2, 0.25) is 10.0 Å². The summed E-state index contributed by atoms with van der Waals surface area (Å²) in [6, 6.07) is 8.15. The van der Waals surface area contributed by atoms with Crippen LogP contribution in [0.1, 0.15) is 5.56 Å². The highest BCUT2D eigenvalue weighted by Crippen LogP contribution is 2.27. The lowest BCUT2D eigenvalue weighted by Crippen LogP contribution is -2.08. The highest BCUT2D eigenvalue weighted by atomic mass is 35.5. The van der Waals surface area contributed by atoms with Crippen molar-refractivity contribution < 1.29 is 4.39 Å². The number of nitrogens with one attached hydrogen (secondary N) is 1. The fourth-order valence-electron chi connectivity index (χ4n) is 1.62. The van der Waals surface area contributed by atoms with Crippen LogP contribution in [0.3, 0.4) is 0 Å². The van der Waals surface area contributed by atoms with Crippen molar-refractivity contribution in [2.45, 2.75) is 6.42 Å². The Balaban J connectivity index is 2.00. The molecule has 3 nitrogen and oxygen atoms in total. The van der Waals surface area contributed by atoms with Crippen molar-refractivity contribution in [3.8, 4) is 0 Å².